The summed E-state index contributed by atoms with van der Waals surface area (Å²) in [5, 5.41) is 3.69. The predicted octanol–water partition coefficient (Wildman–Crippen LogP) is 3.10. The van der Waals surface area contributed by atoms with Crippen LogP contribution in [0.4, 0.5) is 13.2 Å². The number of hydrogen-bond acceptors (Lipinski definition) is 4. The van der Waals surface area contributed by atoms with Gasteiger partial charge in [0.2, 0.25) is 0 Å². The molecule has 0 bridgehead atoms. The van der Waals surface area contributed by atoms with Gasteiger partial charge >= 0.3 is 6.18 Å². The van der Waals surface area contributed by atoms with Gasteiger partial charge in [-0.15, -0.1) is 0 Å². The summed E-state index contributed by atoms with van der Waals surface area (Å²) < 4.78 is 43.1. The Morgan fingerprint density at radius 3 is 2.58 bits per heavy atom. The quantitative estimate of drug-likeness (QED) is 0.902. The smallest absolute Gasteiger partial charge is 0.337 e. The van der Waals surface area contributed by atoms with Gasteiger partial charge in [-0.2, -0.15) is 18.2 Å². The average Bonchev–Trinajstić information content (AvgIpc) is 2.77. The van der Waals surface area contributed by atoms with Gasteiger partial charge in [0.05, 0.1) is 0 Å². The van der Waals surface area contributed by atoms with Crippen LogP contribution in [0.5, 0.6) is 0 Å². The van der Waals surface area contributed by atoms with Gasteiger partial charge in [-0.3, -0.25) is 0 Å². The van der Waals surface area contributed by atoms with E-state index in [2.05, 4.69) is 17.1 Å². The minimum atomic E-state index is -4.61. The number of alkyl halides is 3. The Labute approximate surface area is 109 Å². The summed E-state index contributed by atoms with van der Waals surface area (Å²) in [6.07, 6.45) is -0.674. The molecule has 0 aromatic carbocycles. The number of hydrogen-bond donors (Lipinski definition) is 1. The number of nitrogens with zero attached hydrogens (tertiary/aromatic N) is 2. The van der Waals surface area contributed by atoms with E-state index in [1.54, 1.807) is 0 Å². The predicted molar refractivity (Wildman–Crippen MR) is 62.3 cm³/mol. The molecule has 1 fully saturated rings. The van der Waals surface area contributed by atoms with Gasteiger partial charge < -0.3 is 10.3 Å². The van der Waals surface area contributed by atoms with Crippen molar-refractivity contribution in [2.24, 2.45) is 11.7 Å². The SMILES string of the molecule is CC1CCCC(c2noc(C(C)(N)C(F)(F)F)n2)C1. The van der Waals surface area contributed by atoms with Crippen LogP contribution in [-0.2, 0) is 5.54 Å². The van der Waals surface area contributed by atoms with Gasteiger partial charge in [0.1, 0.15) is 0 Å². The number of nitrogens with two attached hydrogens (primary N) is 1. The Kier molecular flexibility index (Phi) is 3.59. The lowest BCUT2D eigenvalue weighted by Crippen LogP contribution is -2.48. The molecule has 2 rings (SSSR count). The Bertz CT molecular complexity index is 442. The third-order valence-electron chi connectivity index (χ3n) is 3.78. The van der Waals surface area contributed by atoms with E-state index in [0.29, 0.717) is 11.7 Å². The molecule has 4 nitrogen and oxygen atoms in total. The molecule has 108 valence electrons. The fraction of sp³-hybridized carbons (Fsp3) is 0.833. The highest BCUT2D eigenvalue weighted by Gasteiger charge is 2.53. The summed E-state index contributed by atoms with van der Waals surface area (Å²) in [6.45, 7) is 2.96. The van der Waals surface area contributed by atoms with Crippen LogP contribution in [0.25, 0.3) is 0 Å². The van der Waals surface area contributed by atoms with Crippen molar-refractivity contribution in [3.8, 4) is 0 Å². The van der Waals surface area contributed by atoms with Crippen molar-refractivity contribution in [3.63, 3.8) is 0 Å². The maximum atomic E-state index is 12.8. The van der Waals surface area contributed by atoms with Crippen molar-refractivity contribution in [2.45, 2.75) is 57.2 Å². The van der Waals surface area contributed by atoms with Crippen molar-refractivity contribution < 1.29 is 17.7 Å². The molecule has 1 saturated carbocycles. The number of aromatic nitrogens is 2. The van der Waals surface area contributed by atoms with Crippen LogP contribution in [0.2, 0.25) is 0 Å². The third-order valence-corrected chi connectivity index (χ3v) is 3.78. The van der Waals surface area contributed by atoms with Gasteiger partial charge in [-0.1, -0.05) is 24.9 Å². The Morgan fingerprint density at radius 1 is 1.32 bits per heavy atom. The highest BCUT2D eigenvalue weighted by Crippen LogP contribution is 2.38. The lowest BCUT2D eigenvalue weighted by Gasteiger charge is -2.24. The van der Waals surface area contributed by atoms with Crippen molar-refractivity contribution in [1.82, 2.24) is 10.1 Å². The molecular formula is C12H18F3N3O. The molecular weight excluding hydrogens is 259 g/mol. The summed E-state index contributed by atoms with van der Waals surface area (Å²) in [5.74, 6) is 0.397. The van der Waals surface area contributed by atoms with Crippen molar-refractivity contribution in [1.29, 1.82) is 0 Å². The second-order valence-corrected chi connectivity index (χ2v) is 5.63. The minimum absolute atomic E-state index is 0.0743. The zero-order valence-corrected chi connectivity index (χ0v) is 11.0. The molecule has 7 heteroatoms. The number of halogens is 3. The highest BCUT2D eigenvalue weighted by molar-refractivity contribution is 5.07. The van der Waals surface area contributed by atoms with Crippen molar-refractivity contribution in [3.05, 3.63) is 11.7 Å². The Morgan fingerprint density at radius 2 is 2.00 bits per heavy atom. The van der Waals surface area contributed by atoms with E-state index >= 15 is 0 Å². The zero-order valence-electron chi connectivity index (χ0n) is 11.0. The van der Waals surface area contributed by atoms with E-state index in [1.165, 1.54) is 0 Å². The molecule has 19 heavy (non-hydrogen) atoms. The molecule has 3 atom stereocenters. The first kappa shape index (κ1) is 14.3. The molecule has 0 amide bonds. The minimum Gasteiger partial charge on any atom is -0.337 e. The second kappa shape index (κ2) is 4.77. The fourth-order valence-electron chi connectivity index (χ4n) is 2.40. The Balaban J connectivity index is 2.19. The van der Waals surface area contributed by atoms with E-state index < -0.39 is 17.6 Å². The van der Waals surface area contributed by atoms with Crippen molar-refractivity contribution in [2.75, 3.05) is 0 Å². The van der Waals surface area contributed by atoms with E-state index in [0.717, 1.165) is 32.6 Å². The summed E-state index contributed by atoms with van der Waals surface area (Å²) >= 11 is 0. The largest absolute Gasteiger partial charge is 0.415 e. The van der Waals surface area contributed by atoms with Gasteiger partial charge in [-0.05, 0) is 25.7 Å². The molecule has 0 spiro atoms. The molecule has 3 unspecified atom stereocenters. The standard InChI is InChI=1S/C12H18F3N3O/c1-7-4-3-5-8(6-7)9-17-10(19-18-9)11(2,16)12(13,14)15/h7-8H,3-6,16H2,1-2H3. The fourth-order valence-corrected chi connectivity index (χ4v) is 2.40. The molecule has 1 aliphatic carbocycles. The van der Waals surface area contributed by atoms with E-state index in [-0.39, 0.29) is 5.92 Å². The van der Waals surface area contributed by atoms with Crippen LogP contribution in [0.1, 0.15) is 57.2 Å². The van der Waals surface area contributed by atoms with Gasteiger partial charge in [0.15, 0.2) is 11.4 Å². The van der Waals surface area contributed by atoms with Crippen LogP contribution >= 0.6 is 0 Å². The van der Waals surface area contributed by atoms with Gasteiger partial charge in [0, 0.05) is 5.92 Å². The first-order chi connectivity index (χ1) is 8.72. The van der Waals surface area contributed by atoms with Gasteiger partial charge in [-0.25, -0.2) is 0 Å². The van der Waals surface area contributed by atoms with Crippen LogP contribution in [0, 0.1) is 5.92 Å². The van der Waals surface area contributed by atoms with E-state index in [4.69, 9.17) is 10.3 Å². The lowest BCUT2D eigenvalue weighted by atomic mass is 9.82. The summed E-state index contributed by atoms with van der Waals surface area (Å²) in [4.78, 5) is 3.88. The van der Waals surface area contributed by atoms with Crippen LogP contribution in [0.3, 0.4) is 0 Å². The molecule has 0 radical (unpaired) electrons. The van der Waals surface area contributed by atoms with Crippen LogP contribution in [-0.4, -0.2) is 16.3 Å². The van der Waals surface area contributed by atoms with E-state index in [1.807, 2.05) is 0 Å². The summed E-state index contributed by atoms with van der Waals surface area (Å²) in [5.41, 5.74) is 2.67. The average molecular weight is 277 g/mol. The first-order valence-corrected chi connectivity index (χ1v) is 6.41. The van der Waals surface area contributed by atoms with Crippen molar-refractivity contribution >= 4 is 0 Å². The molecule has 1 aromatic heterocycles. The molecule has 0 aliphatic heterocycles. The first-order valence-electron chi connectivity index (χ1n) is 6.41. The molecule has 1 aromatic rings. The van der Waals surface area contributed by atoms with Crippen LogP contribution < -0.4 is 5.73 Å². The lowest BCUT2D eigenvalue weighted by molar-refractivity contribution is -0.190. The van der Waals surface area contributed by atoms with E-state index in [9.17, 15) is 13.2 Å². The second-order valence-electron chi connectivity index (χ2n) is 5.63. The topological polar surface area (TPSA) is 64.9 Å². The van der Waals surface area contributed by atoms with Gasteiger partial charge in [0.25, 0.3) is 5.89 Å². The molecule has 1 aliphatic rings. The number of rotatable bonds is 2. The molecule has 2 N–H and O–H groups in total. The third kappa shape index (κ3) is 2.75. The maximum absolute atomic E-state index is 12.8. The summed E-state index contributed by atoms with van der Waals surface area (Å²) in [6, 6.07) is 0. The Hall–Kier alpha value is -1.11. The summed E-state index contributed by atoms with van der Waals surface area (Å²) in [7, 11) is 0. The highest BCUT2D eigenvalue weighted by atomic mass is 19.4. The molecule has 0 saturated heterocycles. The molecule has 1 heterocycles. The normalized spacial score (nSPS) is 28.1. The maximum Gasteiger partial charge on any atom is 0.415 e. The van der Waals surface area contributed by atoms with Crippen LogP contribution in [0.15, 0.2) is 4.52 Å². The zero-order chi connectivity index (χ0) is 14.3. The monoisotopic (exact) mass is 277 g/mol.